The van der Waals surface area contributed by atoms with Gasteiger partial charge in [0.1, 0.15) is 11.5 Å². The lowest BCUT2D eigenvalue weighted by molar-refractivity contribution is -0.115. The Morgan fingerprint density at radius 2 is 1.94 bits per heavy atom. The average Bonchev–Trinajstić information content (AvgIpc) is 3.50. The van der Waals surface area contributed by atoms with Crippen LogP contribution in [0.3, 0.4) is 0 Å². The van der Waals surface area contributed by atoms with Crippen LogP contribution >= 0.6 is 11.8 Å². The van der Waals surface area contributed by atoms with Crippen molar-refractivity contribution in [1.82, 2.24) is 14.8 Å². The number of nitrogens with zero attached hydrogens (tertiary/aromatic N) is 3. The Bertz CT molecular complexity index is 1300. The van der Waals surface area contributed by atoms with E-state index in [1.165, 1.54) is 18.7 Å². The molecule has 2 aromatic carbocycles. The number of nitrogens with one attached hydrogen (secondary N) is 1. The number of rotatable bonds is 9. The van der Waals surface area contributed by atoms with Gasteiger partial charge in [-0.3, -0.25) is 14.2 Å². The zero-order valence-corrected chi connectivity index (χ0v) is 19.8. The molecule has 0 spiro atoms. The van der Waals surface area contributed by atoms with Gasteiger partial charge in [-0.2, -0.15) is 0 Å². The summed E-state index contributed by atoms with van der Waals surface area (Å²) < 4.78 is 12.8. The number of benzene rings is 2. The maximum Gasteiger partial charge on any atom is 0.237 e. The predicted molar refractivity (Wildman–Crippen MR) is 130 cm³/mol. The van der Waals surface area contributed by atoms with Crippen molar-refractivity contribution in [3.63, 3.8) is 0 Å². The highest BCUT2D eigenvalue weighted by molar-refractivity contribution is 8.00. The number of hydrogen-bond acceptors (Lipinski definition) is 7. The number of methoxy groups -OCH3 is 1. The van der Waals surface area contributed by atoms with E-state index in [1.54, 1.807) is 44.6 Å². The first-order valence-corrected chi connectivity index (χ1v) is 11.5. The summed E-state index contributed by atoms with van der Waals surface area (Å²) in [6, 6.07) is 18.1. The number of anilines is 1. The van der Waals surface area contributed by atoms with E-state index in [9.17, 15) is 9.59 Å². The molecule has 0 bridgehead atoms. The van der Waals surface area contributed by atoms with E-state index in [4.69, 9.17) is 9.15 Å². The lowest BCUT2D eigenvalue weighted by Crippen LogP contribution is -2.23. The van der Waals surface area contributed by atoms with E-state index in [0.717, 1.165) is 11.3 Å². The van der Waals surface area contributed by atoms with Gasteiger partial charge in [0, 0.05) is 16.8 Å². The summed E-state index contributed by atoms with van der Waals surface area (Å²) >= 11 is 1.29. The van der Waals surface area contributed by atoms with Crippen LogP contribution in [0.25, 0.3) is 11.4 Å². The van der Waals surface area contributed by atoms with Gasteiger partial charge in [0.05, 0.1) is 25.2 Å². The fraction of sp³-hybridized carbons (Fsp3) is 0.200. The zero-order chi connectivity index (χ0) is 24.1. The quantitative estimate of drug-likeness (QED) is 0.270. The molecule has 1 atom stereocenters. The largest absolute Gasteiger partial charge is 0.497 e. The highest BCUT2D eigenvalue weighted by atomic mass is 32.2. The van der Waals surface area contributed by atoms with E-state index in [0.29, 0.717) is 34.5 Å². The molecule has 8 nitrogen and oxygen atoms in total. The standard InChI is InChI=1S/C25H24N4O4S/c1-16(30)18-7-4-9-20(13-18)26-24(31)17(2)34-25-28-27-23(19-8-5-10-21(14-19)32-3)29(25)15-22-11-6-12-33-22/h4-14,17H,15H2,1-3H3,(H,26,31). The van der Waals surface area contributed by atoms with Crippen LogP contribution in [0.4, 0.5) is 5.69 Å². The molecule has 0 radical (unpaired) electrons. The molecular formula is C25H24N4O4S. The number of carbonyl (C=O) groups excluding carboxylic acids is 2. The molecule has 174 valence electrons. The average molecular weight is 477 g/mol. The van der Waals surface area contributed by atoms with Crippen molar-refractivity contribution >= 4 is 29.1 Å². The molecule has 9 heteroatoms. The molecule has 0 aliphatic carbocycles. The van der Waals surface area contributed by atoms with Crippen LogP contribution in [-0.4, -0.2) is 38.8 Å². The number of furan rings is 1. The lowest BCUT2D eigenvalue weighted by atomic mass is 10.1. The van der Waals surface area contributed by atoms with E-state index >= 15 is 0 Å². The van der Waals surface area contributed by atoms with Crippen molar-refractivity contribution in [2.24, 2.45) is 0 Å². The van der Waals surface area contributed by atoms with E-state index in [1.807, 2.05) is 41.0 Å². The predicted octanol–water partition coefficient (Wildman–Crippen LogP) is 4.92. The Morgan fingerprint density at radius 3 is 2.68 bits per heavy atom. The van der Waals surface area contributed by atoms with Crippen molar-refractivity contribution in [2.75, 3.05) is 12.4 Å². The Morgan fingerprint density at radius 1 is 1.12 bits per heavy atom. The number of carbonyl (C=O) groups is 2. The Labute approximate surface area is 201 Å². The van der Waals surface area contributed by atoms with Crippen LogP contribution < -0.4 is 10.1 Å². The van der Waals surface area contributed by atoms with Crippen molar-refractivity contribution in [2.45, 2.75) is 30.8 Å². The number of aromatic nitrogens is 3. The van der Waals surface area contributed by atoms with Crippen molar-refractivity contribution in [1.29, 1.82) is 0 Å². The summed E-state index contributed by atoms with van der Waals surface area (Å²) in [5.74, 6) is 1.82. The molecule has 0 aliphatic rings. The van der Waals surface area contributed by atoms with Gasteiger partial charge in [0.25, 0.3) is 0 Å². The molecular weight excluding hydrogens is 452 g/mol. The van der Waals surface area contributed by atoms with Gasteiger partial charge in [0.2, 0.25) is 5.91 Å². The van der Waals surface area contributed by atoms with Crippen LogP contribution in [-0.2, 0) is 11.3 Å². The molecule has 0 saturated carbocycles. The molecule has 2 heterocycles. The van der Waals surface area contributed by atoms with E-state index in [-0.39, 0.29) is 11.7 Å². The third kappa shape index (κ3) is 5.37. The van der Waals surface area contributed by atoms with Crippen LogP contribution in [0.1, 0.15) is 30.0 Å². The lowest BCUT2D eigenvalue weighted by Gasteiger charge is -2.14. The maximum absolute atomic E-state index is 12.9. The number of ether oxygens (including phenoxy) is 1. The second-order valence-corrected chi connectivity index (χ2v) is 8.90. The summed E-state index contributed by atoms with van der Waals surface area (Å²) in [6.07, 6.45) is 1.61. The maximum atomic E-state index is 12.9. The van der Waals surface area contributed by atoms with Crippen molar-refractivity contribution in [3.05, 3.63) is 78.3 Å². The fourth-order valence-electron chi connectivity index (χ4n) is 3.32. The van der Waals surface area contributed by atoms with Gasteiger partial charge in [0.15, 0.2) is 16.8 Å². The molecule has 0 fully saturated rings. The second-order valence-electron chi connectivity index (χ2n) is 7.59. The molecule has 2 aromatic heterocycles. The van der Waals surface area contributed by atoms with Crippen LogP contribution in [0.2, 0.25) is 0 Å². The number of Topliss-reactive ketones (excluding diaryl/α,β-unsaturated/α-hetero) is 1. The molecule has 4 aromatic rings. The minimum Gasteiger partial charge on any atom is -0.497 e. The summed E-state index contributed by atoms with van der Waals surface area (Å²) in [7, 11) is 1.61. The molecule has 1 N–H and O–H groups in total. The molecule has 0 aliphatic heterocycles. The van der Waals surface area contributed by atoms with Crippen molar-refractivity contribution in [3.8, 4) is 17.1 Å². The molecule has 1 amide bonds. The summed E-state index contributed by atoms with van der Waals surface area (Å²) in [5.41, 5.74) is 1.95. The Balaban J connectivity index is 1.58. The highest BCUT2D eigenvalue weighted by Gasteiger charge is 2.22. The molecule has 34 heavy (non-hydrogen) atoms. The normalized spacial score (nSPS) is 11.7. The topological polar surface area (TPSA) is 99.3 Å². The van der Waals surface area contributed by atoms with E-state index < -0.39 is 5.25 Å². The number of hydrogen-bond donors (Lipinski definition) is 1. The van der Waals surface area contributed by atoms with Crippen LogP contribution in [0, 0.1) is 0 Å². The first-order chi connectivity index (χ1) is 16.4. The van der Waals surface area contributed by atoms with Crippen molar-refractivity contribution < 1.29 is 18.7 Å². The Hall–Kier alpha value is -3.85. The van der Waals surface area contributed by atoms with Gasteiger partial charge in [-0.15, -0.1) is 10.2 Å². The SMILES string of the molecule is COc1cccc(-c2nnc(SC(C)C(=O)Nc3cccc(C(C)=O)c3)n2Cc2ccco2)c1. The number of amides is 1. The summed E-state index contributed by atoms with van der Waals surface area (Å²) in [6.45, 7) is 3.70. The van der Waals surface area contributed by atoms with Crippen LogP contribution in [0.15, 0.2) is 76.5 Å². The minimum absolute atomic E-state index is 0.0605. The second kappa shape index (κ2) is 10.4. The fourth-order valence-corrected chi connectivity index (χ4v) is 4.17. The Kier molecular flexibility index (Phi) is 7.12. The van der Waals surface area contributed by atoms with Gasteiger partial charge in [-0.25, -0.2) is 0 Å². The monoisotopic (exact) mass is 476 g/mol. The molecule has 1 unspecified atom stereocenters. The zero-order valence-electron chi connectivity index (χ0n) is 19.0. The van der Waals surface area contributed by atoms with Gasteiger partial charge in [-0.1, -0.05) is 36.0 Å². The minimum atomic E-state index is -0.473. The molecule has 0 saturated heterocycles. The van der Waals surface area contributed by atoms with Crippen LogP contribution in [0.5, 0.6) is 5.75 Å². The number of ketones is 1. The van der Waals surface area contributed by atoms with Gasteiger partial charge < -0.3 is 14.5 Å². The first kappa shape index (κ1) is 23.3. The molecule has 4 rings (SSSR count). The third-order valence-corrected chi connectivity index (χ3v) is 6.21. The third-order valence-electron chi connectivity index (χ3n) is 5.13. The van der Waals surface area contributed by atoms with Gasteiger partial charge >= 0.3 is 0 Å². The highest BCUT2D eigenvalue weighted by Crippen LogP contribution is 2.30. The first-order valence-electron chi connectivity index (χ1n) is 10.6. The van der Waals surface area contributed by atoms with Gasteiger partial charge in [-0.05, 0) is 50.2 Å². The summed E-state index contributed by atoms with van der Waals surface area (Å²) in [5, 5.41) is 11.7. The summed E-state index contributed by atoms with van der Waals surface area (Å²) in [4.78, 5) is 24.5. The van der Waals surface area contributed by atoms with E-state index in [2.05, 4.69) is 15.5 Å². The smallest absolute Gasteiger partial charge is 0.237 e. The number of thioether (sulfide) groups is 1.